The molecule has 1 aromatic heterocycles. The van der Waals surface area contributed by atoms with E-state index in [1.165, 1.54) is 5.56 Å². The number of nitrogens with one attached hydrogen (secondary N) is 1. The Balaban J connectivity index is 2.12. The van der Waals surface area contributed by atoms with Crippen LogP contribution in [0.15, 0.2) is 16.8 Å². The van der Waals surface area contributed by atoms with Gasteiger partial charge >= 0.3 is 0 Å². The molecule has 0 atom stereocenters. The summed E-state index contributed by atoms with van der Waals surface area (Å²) in [4.78, 5) is 11.6. The second-order valence-corrected chi connectivity index (χ2v) is 5.88. The summed E-state index contributed by atoms with van der Waals surface area (Å²) in [5.74, 6) is 0.350. The van der Waals surface area contributed by atoms with Crippen LogP contribution in [-0.2, 0) is 11.2 Å². The molecule has 0 spiro atoms. The maximum atomic E-state index is 11.6. The molecule has 16 heavy (non-hydrogen) atoms. The molecule has 1 aromatic rings. The van der Waals surface area contributed by atoms with Crippen LogP contribution in [0.3, 0.4) is 0 Å². The number of hydrogen-bond donors (Lipinski definition) is 1. The van der Waals surface area contributed by atoms with E-state index in [1.807, 2.05) is 0 Å². The first-order chi connectivity index (χ1) is 7.47. The molecule has 0 aliphatic rings. The summed E-state index contributed by atoms with van der Waals surface area (Å²) in [5.41, 5.74) is 1.38. The number of hydrogen-bond acceptors (Lipinski definition) is 3. The highest BCUT2D eigenvalue weighted by Crippen LogP contribution is 2.09. The van der Waals surface area contributed by atoms with Crippen LogP contribution in [0.4, 0.5) is 0 Å². The number of carbonyl (C=O) groups excluding carboxylic acids is 1. The normalized spacial score (nSPS) is 11.7. The monoisotopic (exact) mass is 239 g/mol. The minimum atomic E-state index is 0.105. The lowest BCUT2D eigenvalue weighted by atomic mass is 10.1. The zero-order valence-electron chi connectivity index (χ0n) is 10.4. The number of ketones is 1. The van der Waals surface area contributed by atoms with Crippen LogP contribution in [0.1, 0.15) is 39.2 Å². The van der Waals surface area contributed by atoms with Crippen LogP contribution in [0.5, 0.6) is 0 Å². The van der Waals surface area contributed by atoms with E-state index in [4.69, 9.17) is 0 Å². The van der Waals surface area contributed by atoms with Gasteiger partial charge in [0.1, 0.15) is 5.78 Å². The molecule has 0 aliphatic heterocycles. The van der Waals surface area contributed by atoms with Gasteiger partial charge in [-0.15, -0.1) is 0 Å². The number of aryl methyl sites for hydroxylation is 1. The highest BCUT2D eigenvalue weighted by Gasteiger charge is 2.09. The molecule has 0 aliphatic carbocycles. The van der Waals surface area contributed by atoms with Crippen molar-refractivity contribution in [1.29, 1.82) is 0 Å². The van der Waals surface area contributed by atoms with E-state index in [2.05, 4.69) is 42.9 Å². The molecule has 1 N–H and O–H groups in total. The summed E-state index contributed by atoms with van der Waals surface area (Å²) in [6, 6.07) is 2.09. The van der Waals surface area contributed by atoms with Crippen molar-refractivity contribution in [3.05, 3.63) is 22.4 Å². The second-order valence-electron chi connectivity index (χ2n) is 5.10. The molecule has 0 radical (unpaired) electrons. The van der Waals surface area contributed by atoms with Crippen molar-refractivity contribution in [2.45, 2.75) is 45.6 Å². The lowest BCUT2D eigenvalue weighted by Crippen LogP contribution is -2.37. The quantitative estimate of drug-likeness (QED) is 0.826. The van der Waals surface area contributed by atoms with E-state index in [9.17, 15) is 4.79 Å². The van der Waals surface area contributed by atoms with Gasteiger partial charge in [-0.2, -0.15) is 11.3 Å². The fraction of sp³-hybridized carbons (Fsp3) is 0.615. The Labute approximate surface area is 102 Å². The number of rotatable bonds is 6. The smallest absolute Gasteiger partial charge is 0.134 e. The van der Waals surface area contributed by atoms with Gasteiger partial charge in [0.25, 0.3) is 0 Å². The third-order valence-electron chi connectivity index (χ3n) is 2.33. The highest BCUT2D eigenvalue weighted by atomic mass is 32.1. The van der Waals surface area contributed by atoms with Crippen molar-refractivity contribution in [2.75, 3.05) is 6.54 Å². The number of Topliss-reactive ketones (excluding diaryl/α,β-unsaturated/α-hetero) is 1. The van der Waals surface area contributed by atoms with Crippen molar-refractivity contribution in [1.82, 2.24) is 5.32 Å². The van der Waals surface area contributed by atoms with Crippen LogP contribution < -0.4 is 5.32 Å². The Morgan fingerprint density at radius 3 is 2.69 bits per heavy atom. The van der Waals surface area contributed by atoms with Gasteiger partial charge in [-0.3, -0.25) is 4.79 Å². The lowest BCUT2D eigenvalue weighted by molar-refractivity contribution is -0.119. The predicted molar refractivity (Wildman–Crippen MR) is 70.0 cm³/mol. The van der Waals surface area contributed by atoms with Crippen LogP contribution in [0.2, 0.25) is 0 Å². The minimum absolute atomic E-state index is 0.105. The van der Waals surface area contributed by atoms with E-state index >= 15 is 0 Å². The summed E-state index contributed by atoms with van der Waals surface area (Å²) in [6.45, 7) is 7.13. The number of carbonyl (C=O) groups is 1. The first-order valence-electron chi connectivity index (χ1n) is 5.75. The molecule has 0 saturated carbocycles. The van der Waals surface area contributed by atoms with Crippen molar-refractivity contribution in [3.8, 4) is 0 Å². The maximum Gasteiger partial charge on any atom is 0.134 e. The first kappa shape index (κ1) is 13.4. The van der Waals surface area contributed by atoms with E-state index in [1.54, 1.807) is 11.3 Å². The van der Waals surface area contributed by atoms with Gasteiger partial charge in [0.05, 0.1) is 0 Å². The van der Waals surface area contributed by atoms with Gasteiger partial charge in [0, 0.05) is 24.9 Å². The minimum Gasteiger partial charge on any atom is -0.312 e. The molecule has 90 valence electrons. The Kier molecular flexibility index (Phi) is 5.16. The van der Waals surface area contributed by atoms with E-state index in [-0.39, 0.29) is 5.54 Å². The summed E-state index contributed by atoms with van der Waals surface area (Å²) >= 11 is 1.69. The van der Waals surface area contributed by atoms with Crippen molar-refractivity contribution < 1.29 is 4.79 Å². The maximum absolute atomic E-state index is 11.6. The molecule has 0 amide bonds. The largest absolute Gasteiger partial charge is 0.312 e. The van der Waals surface area contributed by atoms with Crippen molar-refractivity contribution >= 4 is 17.1 Å². The van der Waals surface area contributed by atoms with Crippen LogP contribution in [-0.4, -0.2) is 17.9 Å². The Morgan fingerprint density at radius 2 is 2.12 bits per heavy atom. The molecule has 2 nitrogen and oxygen atoms in total. The molecule has 3 heteroatoms. The second kappa shape index (κ2) is 6.16. The topological polar surface area (TPSA) is 29.1 Å². The van der Waals surface area contributed by atoms with Gasteiger partial charge < -0.3 is 5.32 Å². The van der Waals surface area contributed by atoms with Crippen molar-refractivity contribution in [3.63, 3.8) is 0 Å². The fourth-order valence-corrected chi connectivity index (χ4v) is 2.12. The summed E-state index contributed by atoms with van der Waals surface area (Å²) in [7, 11) is 0. The molecule has 1 rings (SSSR count). The third-order valence-corrected chi connectivity index (χ3v) is 3.06. The average molecular weight is 239 g/mol. The van der Waals surface area contributed by atoms with Crippen molar-refractivity contribution in [2.24, 2.45) is 0 Å². The molecule has 0 bridgehead atoms. The summed E-state index contributed by atoms with van der Waals surface area (Å²) in [5, 5.41) is 7.50. The van der Waals surface area contributed by atoms with Gasteiger partial charge in [-0.1, -0.05) is 0 Å². The van der Waals surface area contributed by atoms with Gasteiger partial charge in [-0.05, 0) is 49.6 Å². The lowest BCUT2D eigenvalue weighted by Gasteiger charge is -2.20. The zero-order chi connectivity index (χ0) is 12.0. The fourth-order valence-electron chi connectivity index (χ4n) is 1.42. The van der Waals surface area contributed by atoms with Gasteiger partial charge in [0.2, 0.25) is 0 Å². The molecular weight excluding hydrogens is 218 g/mol. The van der Waals surface area contributed by atoms with Crippen LogP contribution in [0.25, 0.3) is 0 Å². The van der Waals surface area contributed by atoms with Gasteiger partial charge in [-0.25, -0.2) is 0 Å². The molecule has 0 aromatic carbocycles. The van der Waals surface area contributed by atoms with E-state index in [0.717, 1.165) is 13.0 Å². The third kappa shape index (κ3) is 6.03. The summed E-state index contributed by atoms with van der Waals surface area (Å²) in [6.07, 6.45) is 2.20. The predicted octanol–water partition coefficient (Wildman–Crippen LogP) is 3.03. The average Bonchev–Trinajstić information content (AvgIpc) is 2.65. The molecule has 0 saturated heterocycles. The van der Waals surface area contributed by atoms with E-state index in [0.29, 0.717) is 18.6 Å². The van der Waals surface area contributed by atoms with E-state index < -0.39 is 0 Å². The SMILES string of the molecule is CC(C)(C)NCCC(=O)CCc1ccsc1. The molecule has 0 unspecified atom stereocenters. The number of thiophene rings is 1. The Hall–Kier alpha value is -0.670. The van der Waals surface area contributed by atoms with Gasteiger partial charge in [0.15, 0.2) is 0 Å². The first-order valence-corrected chi connectivity index (χ1v) is 6.69. The zero-order valence-corrected chi connectivity index (χ0v) is 11.2. The Bertz CT molecular complexity index is 311. The summed E-state index contributed by atoms with van der Waals surface area (Å²) < 4.78 is 0. The highest BCUT2D eigenvalue weighted by molar-refractivity contribution is 7.07. The van der Waals surface area contributed by atoms with Crippen LogP contribution >= 0.6 is 11.3 Å². The standard InChI is InChI=1S/C13H21NOS/c1-13(2,3)14-8-6-12(15)5-4-11-7-9-16-10-11/h7,9-10,14H,4-6,8H2,1-3H3. The molecular formula is C13H21NOS. The molecule has 1 heterocycles. The molecule has 0 fully saturated rings. The Morgan fingerprint density at radius 1 is 1.38 bits per heavy atom. The van der Waals surface area contributed by atoms with Crippen LogP contribution in [0, 0.1) is 0 Å².